The molecule has 0 spiro atoms. The van der Waals surface area contributed by atoms with E-state index in [1.54, 1.807) is 6.20 Å². The zero-order chi connectivity index (χ0) is 21.5. The van der Waals surface area contributed by atoms with E-state index in [4.69, 9.17) is 0 Å². The lowest BCUT2D eigenvalue weighted by Crippen LogP contribution is -2.49. The van der Waals surface area contributed by atoms with Crippen molar-refractivity contribution in [2.75, 3.05) is 44.8 Å². The second kappa shape index (κ2) is 8.35. The minimum atomic E-state index is -3.41. The second-order valence-corrected chi connectivity index (χ2v) is 10.3. The first-order valence-corrected chi connectivity index (χ1v) is 12.1. The first-order valence-electron chi connectivity index (χ1n) is 10.2. The summed E-state index contributed by atoms with van der Waals surface area (Å²) in [7, 11) is -1.49. The summed E-state index contributed by atoms with van der Waals surface area (Å²) in [6.07, 6.45) is 4.14. The van der Waals surface area contributed by atoms with Crippen LogP contribution in [0.3, 0.4) is 0 Å². The summed E-state index contributed by atoms with van der Waals surface area (Å²) in [5.41, 5.74) is 0.619. The monoisotopic (exact) mass is 442 g/mol. The van der Waals surface area contributed by atoms with Gasteiger partial charge < -0.3 is 14.8 Å². The van der Waals surface area contributed by atoms with Gasteiger partial charge in [-0.25, -0.2) is 22.2 Å². The molecule has 1 N–H and O–H groups in total. The van der Waals surface area contributed by atoms with Crippen LogP contribution in [0.2, 0.25) is 0 Å². The van der Waals surface area contributed by atoms with Gasteiger partial charge in [0.2, 0.25) is 16.0 Å². The Morgan fingerprint density at radius 2 is 1.97 bits per heavy atom. The SMILES string of the molecule is CN1CCCC(n2ccc3cnc(N[C@@H]4CCN(S(C)(=O)=O)C[C@H]4F)nc32)C(F)C1. The fourth-order valence-corrected chi connectivity index (χ4v) is 5.21. The van der Waals surface area contributed by atoms with Gasteiger partial charge in [0.15, 0.2) is 0 Å². The minimum Gasteiger partial charge on any atom is -0.348 e. The van der Waals surface area contributed by atoms with E-state index in [0.29, 0.717) is 18.6 Å². The van der Waals surface area contributed by atoms with Crippen molar-refractivity contribution in [1.29, 1.82) is 0 Å². The zero-order valence-corrected chi connectivity index (χ0v) is 18.0. The predicted molar refractivity (Wildman–Crippen MR) is 112 cm³/mol. The Bertz CT molecular complexity index is 1000. The highest BCUT2D eigenvalue weighted by molar-refractivity contribution is 7.88. The van der Waals surface area contributed by atoms with Gasteiger partial charge in [-0.15, -0.1) is 0 Å². The van der Waals surface area contributed by atoms with Gasteiger partial charge >= 0.3 is 0 Å². The Hall–Kier alpha value is -1.85. The van der Waals surface area contributed by atoms with Gasteiger partial charge in [-0.05, 0) is 38.9 Å². The fourth-order valence-electron chi connectivity index (χ4n) is 4.36. The van der Waals surface area contributed by atoms with Crippen molar-refractivity contribution < 1.29 is 17.2 Å². The molecule has 0 amide bonds. The van der Waals surface area contributed by atoms with Crippen LogP contribution in [0.4, 0.5) is 14.7 Å². The quantitative estimate of drug-likeness (QED) is 0.778. The Balaban J connectivity index is 1.53. The number of rotatable bonds is 4. The molecule has 0 bridgehead atoms. The summed E-state index contributed by atoms with van der Waals surface area (Å²) in [4.78, 5) is 10.8. The first kappa shape index (κ1) is 21.4. The number of fused-ring (bicyclic) bond motifs is 1. The predicted octanol–water partition coefficient (Wildman–Crippen LogP) is 1.82. The molecule has 8 nitrogen and oxygen atoms in total. The summed E-state index contributed by atoms with van der Waals surface area (Å²) < 4.78 is 55.8. The molecule has 166 valence electrons. The number of nitrogens with zero attached hydrogens (tertiary/aromatic N) is 5. The lowest BCUT2D eigenvalue weighted by Gasteiger charge is -2.33. The number of piperidine rings is 1. The van der Waals surface area contributed by atoms with Crippen molar-refractivity contribution in [1.82, 2.24) is 23.7 Å². The lowest BCUT2D eigenvalue weighted by atomic mass is 10.1. The molecule has 4 heterocycles. The number of hydrogen-bond donors (Lipinski definition) is 1. The normalized spacial score (nSPS) is 29.7. The summed E-state index contributed by atoms with van der Waals surface area (Å²) in [5.74, 6) is 0.268. The van der Waals surface area contributed by atoms with Gasteiger partial charge in [-0.1, -0.05) is 0 Å². The molecule has 2 fully saturated rings. The lowest BCUT2D eigenvalue weighted by molar-refractivity contribution is 0.186. The molecule has 2 aliphatic rings. The van der Waals surface area contributed by atoms with Gasteiger partial charge in [-0.2, -0.15) is 9.29 Å². The number of nitrogens with one attached hydrogen (secondary N) is 1. The van der Waals surface area contributed by atoms with E-state index >= 15 is 0 Å². The maximum atomic E-state index is 14.9. The van der Waals surface area contributed by atoms with Crippen LogP contribution < -0.4 is 5.32 Å². The molecule has 2 unspecified atom stereocenters. The van der Waals surface area contributed by atoms with Crippen molar-refractivity contribution >= 4 is 27.0 Å². The third-order valence-electron chi connectivity index (χ3n) is 6.04. The van der Waals surface area contributed by atoms with E-state index < -0.39 is 28.4 Å². The van der Waals surface area contributed by atoms with Gasteiger partial charge in [0.05, 0.1) is 18.3 Å². The maximum absolute atomic E-state index is 14.9. The van der Waals surface area contributed by atoms with Gasteiger partial charge in [0, 0.05) is 37.4 Å². The first-order chi connectivity index (χ1) is 14.2. The number of hydrogen-bond acceptors (Lipinski definition) is 6. The van der Waals surface area contributed by atoms with Gasteiger partial charge in [0.25, 0.3) is 0 Å². The number of likely N-dealkylation sites (tertiary alicyclic amines) is 1. The van der Waals surface area contributed by atoms with E-state index in [1.807, 2.05) is 28.8 Å². The molecule has 11 heteroatoms. The van der Waals surface area contributed by atoms with Crippen LogP contribution in [0.25, 0.3) is 11.0 Å². The highest BCUT2D eigenvalue weighted by Gasteiger charge is 2.34. The van der Waals surface area contributed by atoms with E-state index in [2.05, 4.69) is 15.3 Å². The molecule has 30 heavy (non-hydrogen) atoms. The molecule has 0 saturated carbocycles. The van der Waals surface area contributed by atoms with Crippen molar-refractivity contribution in [2.24, 2.45) is 0 Å². The highest BCUT2D eigenvalue weighted by Crippen LogP contribution is 2.29. The van der Waals surface area contributed by atoms with Crippen LogP contribution in [0.5, 0.6) is 0 Å². The Kier molecular flexibility index (Phi) is 5.95. The molecular formula is C19H28F2N6O2S. The largest absolute Gasteiger partial charge is 0.348 e. The molecule has 0 aromatic carbocycles. The topological polar surface area (TPSA) is 83.4 Å². The molecule has 4 rings (SSSR count). The molecule has 2 aromatic rings. The summed E-state index contributed by atoms with van der Waals surface area (Å²) in [6, 6.07) is 0.981. The maximum Gasteiger partial charge on any atom is 0.224 e. The average molecular weight is 443 g/mol. The van der Waals surface area contributed by atoms with Crippen LogP contribution in [-0.4, -0.2) is 90.0 Å². The van der Waals surface area contributed by atoms with Crippen LogP contribution in [0.15, 0.2) is 18.5 Å². The average Bonchev–Trinajstić information content (AvgIpc) is 3.00. The van der Waals surface area contributed by atoms with Crippen molar-refractivity contribution in [3.63, 3.8) is 0 Å². The van der Waals surface area contributed by atoms with Crippen LogP contribution in [0.1, 0.15) is 25.3 Å². The molecule has 4 atom stereocenters. The zero-order valence-electron chi connectivity index (χ0n) is 17.2. The molecule has 2 aliphatic heterocycles. The molecule has 0 radical (unpaired) electrons. The Morgan fingerprint density at radius 3 is 2.70 bits per heavy atom. The number of sulfonamides is 1. The minimum absolute atomic E-state index is 0.186. The third-order valence-corrected chi connectivity index (χ3v) is 7.31. The fraction of sp³-hybridized carbons (Fsp3) is 0.684. The van der Waals surface area contributed by atoms with Crippen molar-refractivity contribution in [3.05, 3.63) is 18.5 Å². The molecular weight excluding hydrogens is 414 g/mol. The summed E-state index contributed by atoms with van der Waals surface area (Å²) in [6.45, 7) is 1.30. The van der Waals surface area contributed by atoms with E-state index in [-0.39, 0.29) is 25.1 Å². The molecule has 0 aliphatic carbocycles. The highest BCUT2D eigenvalue weighted by atomic mass is 32.2. The third kappa shape index (κ3) is 4.42. The summed E-state index contributed by atoms with van der Waals surface area (Å²) in [5, 5.41) is 3.81. The number of aromatic nitrogens is 3. The number of alkyl halides is 2. The summed E-state index contributed by atoms with van der Waals surface area (Å²) >= 11 is 0. The standard InChI is InChI=1S/C19H28F2N6O2S/c1-25-7-3-4-17(15(21)11-25)27-9-5-13-10-22-19(24-18(13)27)23-16-6-8-26(12-14(16)20)30(2,28)29/h5,9-10,14-17H,3-4,6-8,11-12H2,1-2H3,(H,22,23,24)/t14-,15?,16-,17?/m1/s1. The number of halogens is 2. The second-order valence-electron chi connectivity index (χ2n) is 8.36. The van der Waals surface area contributed by atoms with E-state index in [9.17, 15) is 17.2 Å². The van der Waals surface area contributed by atoms with Crippen LogP contribution >= 0.6 is 0 Å². The smallest absolute Gasteiger partial charge is 0.224 e. The van der Waals surface area contributed by atoms with Gasteiger partial charge in [0.1, 0.15) is 18.0 Å². The van der Waals surface area contributed by atoms with E-state index in [0.717, 1.165) is 35.3 Å². The van der Waals surface area contributed by atoms with E-state index in [1.165, 1.54) is 0 Å². The molecule has 2 saturated heterocycles. The Morgan fingerprint density at radius 1 is 1.17 bits per heavy atom. The Labute approximate surface area is 175 Å². The van der Waals surface area contributed by atoms with Crippen molar-refractivity contribution in [2.45, 2.75) is 43.7 Å². The van der Waals surface area contributed by atoms with Crippen molar-refractivity contribution in [3.8, 4) is 0 Å². The number of anilines is 1. The molecule has 2 aromatic heterocycles. The van der Waals surface area contributed by atoms with Crippen LogP contribution in [-0.2, 0) is 10.0 Å². The van der Waals surface area contributed by atoms with Gasteiger partial charge in [-0.3, -0.25) is 0 Å². The van der Waals surface area contributed by atoms with Crippen LogP contribution in [0, 0.1) is 0 Å².